The Hall–Kier alpha value is -4.34. The number of nitrogens with one attached hydrogen (secondary N) is 3. The Kier molecular flexibility index (Phi) is 8.14. The Morgan fingerprint density at radius 3 is 2.42 bits per heavy atom. The fourth-order valence-corrected chi connectivity index (χ4v) is 4.27. The van der Waals surface area contributed by atoms with E-state index in [4.69, 9.17) is 9.90 Å². The molecule has 11 nitrogen and oxygen atoms in total. The molecule has 0 radical (unpaired) electrons. The number of anilines is 4. The Morgan fingerprint density at radius 1 is 1.11 bits per heavy atom. The number of nitrogens with zero attached hydrogens (tertiary/aromatic N) is 4. The van der Waals surface area contributed by atoms with Gasteiger partial charge in [-0.1, -0.05) is 6.07 Å². The Bertz CT molecular complexity index is 1570. The van der Waals surface area contributed by atoms with Gasteiger partial charge < -0.3 is 15.7 Å². The first-order valence-corrected chi connectivity index (χ1v) is 12.2. The van der Waals surface area contributed by atoms with Gasteiger partial charge >= 0.3 is 12.1 Å². The number of carboxylic acid groups (broad SMARTS) is 1. The van der Waals surface area contributed by atoms with Gasteiger partial charge in [0.05, 0.1) is 21.7 Å². The van der Waals surface area contributed by atoms with E-state index in [1.165, 1.54) is 12.3 Å². The molecule has 0 saturated heterocycles. The first-order chi connectivity index (χ1) is 17.7. The molecule has 1 aromatic carbocycles. The van der Waals surface area contributed by atoms with Crippen LogP contribution in [-0.2, 0) is 14.6 Å². The molecule has 0 spiro atoms. The summed E-state index contributed by atoms with van der Waals surface area (Å²) in [6, 6.07) is 8.02. The highest BCUT2D eigenvalue weighted by atomic mass is 32.2. The minimum Gasteiger partial charge on any atom is -0.475 e. The van der Waals surface area contributed by atoms with Gasteiger partial charge in [0.2, 0.25) is 5.95 Å². The minimum atomic E-state index is -5.08. The van der Waals surface area contributed by atoms with Crippen molar-refractivity contribution in [1.29, 1.82) is 0 Å². The van der Waals surface area contributed by atoms with E-state index in [1.54, 1.807) is 45.0 Å². The van der Waals surface area contributed by atoms with Gasteiger partial charge in [0, 0.05) is 11.9 Å². The number of rotatable bonds is 6. The molecule has 0 fully saturated rings. The number of hydrogen-bond acceptors (Lipinski definition) is 9. The zero-order chi connectivity index (χ0) is 28.3. The number of aromatic amines is 1. The van der Waals surface area contributed by atoms with Crippen LogP contribution in [0.4, 0.5) is 40.8 Å². The van der Waals surface area contributed by atoms with Crippen LogP contribution in [-0.4, -0.2) is 56.1 Å². The molecule has 0 unspecified atom stereocenters. The SMILES string of the molecule is Cc1ccc(Nc2nccc(Nc3[nH]nc4ncc(F)cc34)n2)cc1S(=O)(=O)C(C)C.O=C(O)C(F)(F)F. The Labute approximate surface area is 213 Å². The molecule has 0 saturated carbocycles. The molecule has 0 amide bonds. The fraction of sp³-hybridized carbons (Fsp3) is 0.227. The van der Waals surface area contributed by atoms with Gasteiger partial charge in [0.1, 0.15) is 17.5 Å². The van der Waals surface area contributed by atoms with Gasteiger partial charge in [-0.2, -0.15) is 23.3 Å². The molecule has 4 N–H and O–H groups in total. The van der Waals surface area contributed by atoms with E-state index < -0.39 is 33.1 Å². The van der Waals surface area contributed by atoms with Gasteiger partial charge in [-0.05, 0) is 50.6 Å². The van der Waals surface area contributed by atoms with Crippen molar-refractivity contribution in [1.82, 2.24) is 25.1 Å². The van der Waals surface area contributed by atoms with Crippen molar-refractivity contribution in [2.24, 2.45) is 0 Å². The summed E-state index contributed by atoms with van der Waals surface area (Å²) in [5.74, 6) is -2.11. The van der Waals surface area contributed by atoms with Crippen LogP contribution in [0.15, 0.2) is 47.6 Å². The second kappa shape index (κ2) is 11.0. The summed E-state index contributed by atoms with van der Waals surface area (Å²) in [5.41, 5.74) is 1.58. The number of benzene rings is 1. The van der Waals surface area contributed by atoms with Gasteiger partial charge in [0.15, 0.2) is 15.5 Å². The number of aromatic nitrogens is 5. The monoisotopic (exact) mass is 555 g/mol. The van der Waals surface area contributed by atoms with Crippen molar-refractivity contribution in [3.63, 3.8) is 0 Å². The second-order valence-corrected chi connectivity index (χ2v) is 10.5. The number of fused-ring (bicyclic) bond motifs is 1. The van der Waals surface area contributed by atoms with Crippen molar-refractivity contribution >= 4 is 50.1 Å². The van der Waals surface area contributed by atoms with E-state index in [9.17, 15) is 26.0 Å². The van der Waals surface area contributed by atoms with E-state index in [0.29, 0.717) is 33.9 Å². The van der Waals surface area contributed by atoms with E-state index in [1.807, 2.05) is 0 Å². The largest absolute Gasteiger partial charge is 0.490 e. The number of aryl methyl sites for hydroxylation is 1. The third-order valence-electron chi connectivity index (χ3n) is 4.90. The maximum absolute atomic E-state index is 13.5. The van der Waals surface area contributed by atoms with E-state index in [0.717, 1.165) is 6.20 Å². The quantitative estimate of drug-likeness (QED) is 0.249. The summed E-state index contributed by atoms with van der Waals surface area (Å²) in [4.78, 5) is 21.6. The van der Waals surface area contributed by atoms with Crippen LogP contribution in [0.3, 0.4) is 0 Å². The number of halogens is 4. The number of alkyl halides is 3. The van der Waals surface area contributed by atoms with Gasteiger partial charge in [0.25, 0.3) is 0 Å². The van der Waals surface area contributed by atoms with Gasteiger partial charge in [-0.15, -0.1) is 0 Å². The average Bonchev–Trinajstić information content (AvgIpc) is 3.21. The number of H-pyrrole nitrogens is 1. The lowest BCUT2D eigenvalue weighted by Gasteiger charge is -2.13. The number of carbonyl (C=O) groups is 1. The molecular formula is C22H21F4N7O4S. The molecule has 4 rings (SSSR count). The third kappa shape index (κ3) is 6.70. The Balaban J connectivity index is 0.000000505. The van der Waals surface area contributed by atoms with Crippen molar-refractivity contribution in [3.8, 4) is 0 Å². The highest BCUT2D eigenvalue weighted by Gasteiger charge is 2.38. The van der Waals surface area contributed by atoms with Crippen molar-refractivity contribution in [2.45, 2.75) is 37.1 Å². The maximum Gasteiger partial charge on any atom is 0.490 e. The summed E-state index contributed by atoms with van der Waals surface area (Å²) >= 11 is 0. The summed E-state index contributed by atoms with van der Waals surface area (Å²) in [6.45, 7) is 5.05. The molecule has 3 aromatic heterocycles. The van der Waals surface area contributed by atoms with Crippen molar-refractivity contribution in [2.75, 3.05) is 10.6 Å². The first-order valence-electron chi connectivity index (χ1n) is 10.7. The van der Waals surface area contributed by atoms with Gasteiger partial charge in [-0.3, -0.25) is 5.10 Å². The van der Waals surface area contributed by atoms with E-state index >= 15 is 0 Å². The summed E-state index contributed by atoms with van der Waals surface area (Å²) in [7, 11) is -3.43. The predicted octanol–water partition coefficient (Wildman–Crippen LogP) is 4.50. The van der Waals surface area contributed by atoms with Crippen LogP contribution in [0.25, 0.3) is 11.0 Å². The number of carboxylic acids is 1. The lowest BCUT2D eigenvalue weighted by Crippen LogP contribution is -2.21. The molecule has 3 heterocycles. The molecule has 0 bridgehead atoms. The normalized spacial score (nSPS) is 11.7. The fourth-order valence-electron chi connectivity index (χ4n) is 2.95. The molecule has 4 aromatic rings. The first kappa shape index (κ1) is 28.2. The number of pyridine rings is 1. The Morgan fingerprint density at radius 2 is 1.79 bits per heavy atom. The third-order valence-corrected chi connectivity index (χ3v) is 7.19. The second-order valence-electron chi connectivity index (χ2n) is 8.02. The highest BCUT2D eigenvalue weighted by molar-refractivity contribution is 7.92. The van der Waals surface area contributed by atoms with Crippen LogP contribution in [0.1, 0.15) is 19.4 Å². The summed E-state index contributed by atoms with van der Waals surface area (Å²) in [6.07, 6.45) is -2.45. The molecule has 0 aliphatic heterocycles. The predicted molar refractivity (Wildman–Crippen MR) is 130 cm³/mol. The van der Waals surface area contributed by atoms with Gasteiger partial charge in [-0.25, -0.2) is 27.6 Å². The average molecular weight is 556 g/mol. The highest BCUT2D eigenvalue weighted by Crippen LogP contribution is 2.26. The molecular weight excluding hydrogens is 534 g/mol. The topological polar surface area (TPSA) is 163 Å². The van der Waals surface area contributed by atoms with Crippen LogP contribution in [0.5, 0.6) is 0 Å². The zero-order valence-electron chi connectivity index (χ0n) is 20.0. The van der Waals surface area contributed by atoms with Crippen molar-refractivity contribution in [3.05, 3.63) is 54.1 Å². The summed E-state index contributed by atoms with van der Waals surface area (Å²) in [5, 5.41) is 19.9. The summed E-state index contributed by atoms with van der Waals surface area (Å²) < 4.78 is 70.5. The van der Waals surface area contributed by atoms with Crippen molar-refractivity contribution < 1.29 is 35.9 Å². The van der Waals surface area contributed by atoms with Crippen LogP contribution in [0.2, 0.25) is 0 Å². The number of aliphatic carboxylic acids is 1. The van der Waals surface area contributed by atoms with Crippen LogP contribution in [0, 0.1) is 12.7 Å². The number of sulfone groups is 1. The van der Waals surface area contributed by atoms with Crippen LogP contribution >= 0.6 is 0 Å². The molecule has 38 heavy (non-hydrogen) atoms. The lowest BCUT2D eigenvalue weighted by molar-refractivity contribution is -0.192. The standard InChI is InChI=1S/C20H20FN7O2S.C2HF3O2/c1-11(2)31(29,30)16-9-14(5-4-12(16)3)24-20-22-7-6-17(26-20)25-19-15-8-13(21)10-23-18(15)27-28-19;3-2(4,5)1(6)7/h4-11H,1-3H3,(H3,22,23,24,25,26,27,28);(H,6,7). The number of hydrogen-bond donors (Lipinski definition) is 4. The smallest absolute Gasteiger partial charge is 0.475 e. The maximum atomic E-state index is 13.5. The molecule has 0 aliphatic rings. The van der Waals surface area contributed by atoms with Crippen LogP contribution < -0.4 is 10.6 Å². The lowest BCUT2D eigenvalue weighted by atomic mass is 10.2. The minimum absolute atomic E-state index is 0.259. The van der Waals surface area contributed by atoms with E-state index in [2.05, 4.69) is 35.8 Å². The zero-order valence-corrected chi connectivity index (χ0v) is 20.8. The molecule has 16 heteroatoms. The van der Waals surface area contributed by atoms with E-state index in [-0.39, 0.29) is 10.8 Å². The molecule has 0 atom stereocenters. The molecule has 0 aliphatic carbocycles. The molecule has 202 valence electrons.